The van der Waals surface area contributed by atoms with Gasteiger partial charge in [-0.1, -0.05) is 23.7 Å². The maximum Gasteiger partial charge on any atom is 0.166 e. The van der Waals surface area contributed by atoms with Crippen LogP contribution in [0.2, 0.25) is 5.02 Å². The molecule has 24 heavy (non-hydrogen) atoms. The second-order valence-electron chi connectivity index (χ2n) is 5.46. The molecule has 0 amide bonds. The Kier molecular flexibility index (Phi) is 3.46. The lowest BCUT2D eigenvalue weighted by atomic mass is 10.2. The summed E-state index contributed by atoms with van der Waals surface area (Å²) >= 11 is 6.33. The Balaban J connectivity index is 1.93. The van der Waals surface area contributed by atoms with E-state index in [4.69, 9.17) is 16.6 Å². The molecule has 0 bridgehead atoms. The van der Waals surface area contributed by atoms with Gasteiger partial charge in [-0.15, -0.1) is 0 Å². The average Bonchev–Trinajstić information content (AvgIpc) is 3.08. The molecule has 0 aliphatic heterocycles. The molecular weight excluding hydrogens is 324 g/mol. The number of anilines is 3. The number of para-hydroxylation sites is 1. The third-order valence-corrected chi connectivity index (χ3v) is 4.23. The van der Waals surface area contributed by atoms with Crippen molar-refractivity contribution < 1.29 is 0 Å². The summed E-state index contributed by atoms with van der Waals surface area (Å²) in [5.74, 6) is 1.47. The van der Waals surface area contributed by atoms with E-state index in [2.05, 4.69) is 20.6 Å². The number of aromatic nitrogens is 4. The van der Waals surface area contributed by atoms with E-state index in [1.165, 1.54) is 0 Å². The maximum absolute atomic E-state index is 6.33. The molecule has 120 valence electrons. The van der Waals surface area contributed by atoms with Gasteiger partial charge in [0.15, 0.2) is 11.5 Å². The van der Waals surface area contributed by atoms with E-state index in [-0.39, 0.29) is 0 Å². The highest BCUT2D eigenvalue weighted by atomic mass is 35.5. The van der Waals surface area contributed by atoms with E-state index >= 15 is 0 Å². The standard InChI is InChI=1S/C17H15ClN6/c1-10-4-3-5-11(18)15(10)23-16-13-8-20-9-24(13)17-12(21-16)6-7-14(19-2)22-17/h3-9H,1-2H3,(H,19,22)(H,21,23). The van der Waals surface area contributed by atoms with Gasteiger partial charge in [-0.3, -0.25) is 4.40 Å². The fourth-order valence-corrected chi connectivity index (χ4v) is 2.93. The van der Waals surface area contributed by atoms with Crippen molar-refractivity contribution in [1.29, 1.82) is 0 Å². The zero-order valence-electron chi connectivity index (χ0n) is 13.2. The second-order valence-corrected chi connectivity index (χ2v) is 5.86. The molecule has 0 spiro atoms. The van der Waals surface area contributed by atoms with Gasteiger partial charge in [0.25, 0.3) is 0 Å². The molecule has 0 fully saturated rings. The van der Waals surface area contributed by atoms with Gasteiger partial charge in [0.1, 0.15) is 23.2 Å². The lowest BCUT2D eigenvalue weighted by Crippen LogP contribution is -2.03. The van der Waals surface area contributed by atoms with Crippen molar-refractivity contribution in [3.8, 4) is 0 Å². The highest BCUT2D eigenvalue weighted by molar-refractivity contribution is 6.33. The summed E-state index contributed by atoms with van der Waals surface area (Å²) in [6, 6.07) is 9.60. The van der Waals surface area contributed by atoms with Gasteiger partial charge in [0.05, 0.1) is 16.9 Å². The van der Waals surface area contributed by atoms with Crippen LogP contribution in [-0.4, -0.2) is 26.4 Å². The van der Waals surface area contributed by atoms with E-state index in [0.29, 0.717) is 10.8 Å². The number of nitrogens with zero attached hydrogens (tertiary/aromatic N) is 4. The largest absolute Gasteiger partial charge is 0.373 e. The Morgan fingerprint density at radius 3 is 2.79 bits per heavy atom. The fourth-order valence-electron chi connectivity index (χ4n) is 2.66. The summed E-state index contributed by atoms with van der Waals surface area (Å²) in [5.41, 5.74) is 4.24. The van der Waals surface area contributed by atoms with Crippen LogP contribution in [0.1, 0.15) is 5.56 Å². The first-order valence-corrected chi connectivity index (χ1v) is 7.88. The van der Waals surface area contributed by atoms with Crippen molar-refractivity contribution in [1.82, 2.24) is 19.4 Å². The van der Waals surface area contributed by atoms with E-state index in [1.807, 2.05) is 48.7 Å². The molecular formula is C17H15ClN6. The summed E-state index contributed by atoms with van der Waals surface area (Å²) in [4.78, 5) is 13.5. The molecule has 0 radical (unpaired) electrons. The van der Waals surface area contributed by atoms with E-state index < -0.39 is 0 Å². The van der Waals surface area contributed by atoms with Crippen LogP contribution in [0.5, 0.6) is 0 Å². The summed E-state index contributed by atoms with van der Waals surface area (Å²) in [6.07, 6.45) is 3.49. The number of pyridine rings is 1. The molecule has 7 heteroatoms. The monoisotopic (exact) mass is 338 g/mol. The van der Waals surface area contributed by atoms with Crippen LogP contribution in [0, 0.1) is 6.92 Å². The van der Waals surface area contributed by atoms with Crippen molar-refractivity contribution in [2.24, 2.45) is 0 Å². The third kappa shape index (κ3) is 2.32. The van der Waals surface area contributed by atoms with Gasteiger partial charge in [0.2, 0.25) is 0 Å². The molecule has 4 rings (SSSR count). The average molecular weight is 339 g/mol. The quantitative estimate of drug-likeness (QED) is 0.590. The number of rotatable bonds is 3. The molecule has 0 saturated carbocycles. The number of nitrogens with one attached hydrogen (secondary N) is 2. The zero-order chi connectivity index (χ0) is 16.7. The summed E-state index contributed by atoms with van der Waals surface area (Å²) in [6.45, 7) is 2.00. The Morgan fingerprint density at radius 2 is 2.00 bits per heavy atom. The van der Waals surface area contributed by atoms with Gasteiger partial charge in [-0.2, -0.15) is 0 Å². The van der Waals surface area contributed by atoms with Gasteiger partial charge in [-0.25, -0.2) is 15.0 Å². The number of hydrogen-bond donors (Lipinski definition) is 2. The molecule has 1 aromatic carbocycles. The van der Waals surface area contributed by atoms with Crippen molar-refractivity contribution in [3.05, 3.63) is 53.4 Å². The molecule has 0 aliphatic rings. The Labute approximate surface area is 143 Å². The first kappa shape index (κ1) is 14.7. The second kappa shape index (κ2) is 5.65. The van der Waals surface area contributed by atoms with Crippen molar-refractivity contribution >= 4 is 45.6 Å². The molecule has 4 aromatic rings. The minimum atomic E-state index is 0.651. The van der Waals surface area contributed by atoms with E-state index in [0.717, 1.165) is 33.7 Å². The van der Waals surface area contributed by atoms with Gasteiger partial charge < -0.3 is 10.6 Å². The minimum absolute atomic E-state index is 0.651. The topological polar surface area (TPSA) is 67.1 Å². The predicted molar refractivity (Wildman–Crippen MR) is 97.3 cm³/mol. The lowest BCUT2D eigenvalue weighted by Gasteiger charge is -2.13. The number of fused-ring (bicyclic) bond motifs is 3. The summed E-state index contributed by atoms with van der Waals surface area (Å²) in [5, 5.41) is 7.03. The summed E-state index contributed by atoms with van der Waals surface area (Å²) < 4.78 is 1.91. The molecule has 0 unspecified atom stereocenters. The number of benzene rings is 1. The zero-order valence-corrected chi connectivity index (χ0v) is 14.0. The molecule has 0 aliphatic carbocycles. The van der Waals surface area contributed by atoms with Gasteiger partial charge in [0, 0.05) is 7.05 Å². The number of imidazole rings is 1. The molecule has 3 heterocycles. The highest BCUT2D eigenvalue weighted by Gasteiger charge is 2.13. The Bertz CT molecular complexity index is 1040. The normalized spacial score (nSPS) is 11.1. The van der Waals surface area contributed by atoms with E-state index in [1.54, 1.807) is 12.5 Å². The fraction of sp³-hybridized carbons (Fsp3) is 0.118. The molecule has 0 atom stereocenters. The van der Waals surface area contributed by atoms with Crippen LogP contribution in [0.3, 0.4) is 0 Å². The Hall–Kier alpha value is -2.86. The maximum atomic E-state index is 6.33. The van der Waals surface area contributed by atoms with Gasteiger partial charge in [-0.05, 0) is 30.7 Å². The van der Waals surface area contributed by atoms with Crippen molar-refractivity contribution in [2.45, 2.75) is 6.92 Å². The lowest BCUT2D eigenvalue weighted by molar-refractivity contribution is 1.14. The molecule has 3 aromatic heterocycles. The van der Waals surface area contributed by atoms with Crippen LogP contribution in [0.15, 0.2) is 42.9 Å². The summed E-state index contributed by atoms with van der Waals surface area (Å²) in [7, 11) is 1.84. The van der Waals surface area contributed by atoms with Gasteiger partial charge >= 0.3 is 0 Å². The first-order valence-electron chi connectivity index (χ1n) is 7.50. The van der Waals surface area contributed by atoms with Crippen molar-refractivity contribution in [2.75, 3.05) is 17.7 Å². The van der Waals surface area contributed by atoms with Crippen LogP contribution in [-0.2, 0) is 0 Å². The van der Waals surface area contributed by atoms with Crippen LogP contribution in [0.4, 0.5) is 17.3 Å². The molecule has 0 saturated heterocycles. The number of aryl methyl sites for hydroxylation is 1. The highest BCUT2D eigenvalue weighted by Crippen LogP contribution is 2.30. The first-order chi connectivity index (χ1) is 11.7. The SMILES string of the molecule is CNc1ccc2nc(Nc3c(C)cccc3Cl)c3cncn3c2n1. The van der Waals surface area contributed by atoms with Crippen LogP contribution < -0.4 is 10.6 Å². The van der Waals surface area contributed by atoms with Crippen LogP contribution in [0.25, 0.3) is 16.7 Å². The minimum Gasteiger partial charge on any atom is -0.373 e. The smallest absolute Gasteiger partial charge is 0.166 e. The molecule has 2 N–H and O–H groups in total. The number of hydrogen-bond acceptors (Lipinski definition) is 5. The Morgan fingerprint density at radius 1 is 1.12 bits per heavy atom. The third-order valence-electron chi connectivity index (χ3n) is 3.92. The van der Waals surface area contributed by atoms with Crippen LogP contribution >= 0.6 is 11.6 Å². The van der Waals surface area contributed by atoms with E-state index in [9.17, 15) is 0 Å². The number of halogens is 1. The van der Waals surface area contributed by atoms with Crippen molar-refractivity contribution in [3.63, 3.8) is 0 Å². The molecule has 6 nitrogen and oxygen atoms in total. The predicted octanol–water partition coefficient (Wildman–Crippen LogP) is 4.02.